The minimum absolute atomic E-state index is 0.0165. The van der Waals surface area contributed by atoms with Crippen LogP contribution in [-0.4, -0.2) is 54.3 Å². The number of carbonyl (C=O) groups excluding carboxylic acids is 2. The van der Waals surface area contributed by atoms with E-state index in [4.69, 9.17) is 0 Å². The number of nitrogens with one attached hydrogen (secondary N) is 2. The maximum absolute atomic E-state index is 13.0. The highest BCUT2D eigenvalue weighted by molar-refractivity contribution is 5.96. The van der Waals surface area contributed by atoms with Gasteiger partial charge in [0, 0.05) is 38.4 Å². The Labute approximate surface area is 195 Å². The molecule has 0 spiro atoms. The van der Waals surface area contributed by atoms with E-state index in [1.54, 1.807) is 0 Å². The molecule has 0 bridgehead atoms. The third kappa shape index (κ3) is 6.51. The van der Waals surface area contributed by atoms with Crippen LogP contribution < -0.4 is 10.6 Å². The highest BCUT2D eigenvalue weighted by Gasteiger charge is 2.25. The quantitative estimate of drug-likeness (QED) is 0.562. The Kier molecular flexibility index (Phi) is 7.85. The van der Waals surface area contributed by atoms with Crippen molar-refractivity contribution in [2.24, 2.45) is 0 Å². The summed E-state index contributed by atoms with van der Waals surface area (Å²) < 4.78 is 0. The third-order valence-corrected chi connectivity index (χ3v) is 5.87. The molecule has 1 fully saturated rings. The highest BCUT2D eigenvalue weighted by Crippen LogP contribution is 2.16. The second-order valence-electron chi connectivity index (χ2n) is 8.22. The van der Waals surface area contributed by atoms with Crippen LogP contribution in [0.5, 0.6) is 0 Å². The van der Waals surface area contributed by atoms with E-state index in [1.165, 1.54) is 5.56 Å². The van der Waals surface area contributed by atoms with Gasteiger partial charge in [0.05, 0.1) is 6.54 Å². The maximum atomic E-state index is 13.0. The fourth-order valence-corrected chi connectivity index (χ4v) is 4.04. The van der Waals surface area contributed by atoms with E-state index in [-0.39, 0.29) is 18.4 Å². The fraction of sp³-hybridized carbons (Fsp3) is 0.259. The molecule has 2 amide bonds. The molecule has 6 nitrogen and oxygen atoms in total. The summed E-state index contributed by atoms with van der Waals surface area (Å²) in [6.45, 7) is 4.09. The van der Waals surface area contributed by atoms with Gasteiger partial charge in [0.25, 0.3) is 0 Å². The van der Waals surface area contributed by atoms with Crippen LogP contribution in [0.3, 0.4) is 0 Å². The number of hydrogen-bond donors (Lipinski definition) is 2. The summed E-state index contributed by atoms with van der Waals surface area (Å²) >= 11 is 0. The first-order valence-corrected chi connectivity index (χ1v) is 11.4. The van der Waals surface area contributed by atoms with E-state index < -0.39 is 6.04 Å². The van der Waals surface area contributed by atoms with Gasteiger partial charge in [0.1, 0.15) is 6.04 Å². The molecule has 170 valence electrons. The monoisotopic (exact) mass is 442 g/mol. The van der Waals surface area contributed by atoms with Crippen molar-refractivity contribution in [2.45, 2.75) is 12.6 Å². The average molecular weight is 443 g/mol. The molecule has 0 radical (unpaired) electrons. The van der Waals surface area contributed by atoms with Crippen molar-refractivity contribution in [2.75, 3.05) is 38.0 Å². The number of rotatable bonds is 8. The molecule has 1 aliphatic heterocycles. The van der Waals surface area contributed by atoms with Crippen LogP contribution in [0.2, 0.25) is 0 Å². The molecule has 33 heavy (non-hydrogen) atoms. The molecule has 1 saturated heterocycles. The van der Waals surface area contributed by atoms with Crippen molar-refractivity contribution in [1.29, 1.82) is 0 Å². The summed E-state index contributed by atoms with van der Waals surface area (Å²) in [5, 5.41) is 6.13. The van der Waals surface area contributed by atoms with Gasteiger partial charge in [-0.05, 0) is 23.3 Å². The van der Waals surface area contributed by atoms with Gasteiger partial charge >= 0.3 is 0 Å². The first-order chi connectivity index (χ1) is 16.2. The first kappa shape index (κ1) is 22.7. The van der Waals surface area contributed by atoms with Crippen LogP contribution >= 0.6 is 0 Å². The lowest BCUT2D eigenvalue weighted by molar-refractivity contribution is -0.132. The molecule has 0 aliphatic carbocycles. The van der Waals surface area contributed by atoms with E-state index in [2.05, 4.69) is 39.8 Å². The Morgan fingerprint density at radius 3 is 1.97 bits per heavy atom. The molecule has 2 N–H and O–H groups in total. The van der Waals surface area contributed by atoms with Crippen LogP contribution in [0.15, 0.2) is 91.0 Å². The van der Waals surface area contributed by atoms with Gasteiger partial charge in [0.15, 0.2) is 0 Å². The lowest BCUT2D eigenvalue weighted by Crippen LogP contribution is -2.51. The molecule has 1 unspecified atom stereocenters. The lowest BCUT2D eigenvalue weighted by Gasteiger charge is -2.35. The zero-order valence-corrected chi connectivity index (χ0v) is 18.7. The van der Waals surface area contributed by atoms with Gasteiger partial charge in [-0.15, -0.1) is 0 Å². The summed E-state index contributed by atoms with van der Waals surface area (Å²) in [6, 6.07) is 28.6. The second kappa shape index (κ2) is 11.4. The number of amides is 2. The molecule has 6 heteroatoms. The zero-order valence-electron chi connectivity index (χ0n) is 18.7. The van der Waals surface area contributed by atoms with Crippen molar-refractivity contribution in [3.05, 3.63) is 102 Å². The molecular weight excluding hydrogens is 412 g/mol. The lowest BCUT2D eigenvalue weighted by atomic mass is 10.1. The van der Waals surface area contributed by atoms with E-state index >= 15 is 0 Å². The number of hydrogen-bond acceptors (Lipinski definition) is 4. The molecule has 0 saturated carbocycles. The van der Waals surface area contributed by atoms with Crippen LogP contribution in [0.25, 0.3) is 0 Å². The number of nitrogens with zero attached hydrogens (tertiary/aromatic N) is 2. The summed E-state index contributed by atoms with van der Waals surface area (Å²) in [5.74, 6) is -0.171. The average Bonchev–Trinajstić information content (AvgIpc) is 2.86. The first-order valence-electron chi connectivity index (χ1n) is 11.4. The summed E-state index contributed by atoms with van der Waals surface area (Å²) in [4.78, 5) is 30.2. The second-order valence-corrected chi connectivity index (χ2v) is 8.22. The number of benzene rings is 3. The Hall–Kier alpha value is -3.48. The minimum Gasteiger partial charge on any atom is -0.339 e. The van der Waals surface area contributed by atoms with E-state index in [0.717, 1.165) is 30.9 Å². The number of piperazine rings is 1. The van der Waals surface area contributed by atoms with E-state index in [9.17, 15) is 9.59 Å². The summed E-state index contributed by atoms with van der Waals surface area (Å²) in [5.41, 5.74) is 2.84. The summed E-state index contributed by atoms with van der Waals surface area (Å²) in [6.07, 6.45) is 0. The standard InChI is InChI=1S/C27H30N4O2/c32-25(31-18-16-30(17-19-31)21-22-10-4-1-5-11-22)20-28-26(23-12-6-2-7-13-23)27(33)29-24-14-8-3-9-15-24/h1-15,26,28H,16-21H2,(H,29,33). The van der Waals surface area contributed by atoms with Crippen molar-refractivity contribution in [3.8, 4) is 0 Å². The molecule has 1 aliphatic rings. The summed E-state index contributed by atoms with van der Waals surface area (Å²) in [7, 11) is 0. The predicted octanol–water partition coefficient (Wildman–Crippen LogP) is 3.30. The SMILES string of the molecule is O=C(Nc1ccccc1)C(NCC(=O)N1CCN(Cc2ccccc2)CC1)c1ccccc1. The van der Waals surface area contributed by atoms with Crippen molar-refractivity contribution in [1.82, 2.24) is 15.1 Å². The maximum Gasteiger partial charge on any atom is 0.246 e. The van der Waals surface area contributed by atoms with E-state index in [0.29, 0.717) is 13.1 Å². The van der Waals surface area contributed by atoms with Crippen LogP contribution in [0, 0.1) is 0 Å². The molecular formula is C27H30N4O2. The Morgan fingerprint density at radius 1 is 0.758 bits per heavy atom. The molecule has 0 aromatic heterocycles. The Bertz CT molecular complexity index is 1020. The third-order valence-electron chi connectivity index (χ3n) is 5.87. The van der Waals surface area contributed by atoms with Crippen LogP contribution in [0.1, 0.15) is 17.2 Å². The Morgan fingerprint density at radius 2 is 1.33 bits per heavy atom. The predicted molar refractivity (Wildman–Crippen MR) is 131 cm³/mol. The van der Waals surface area contributed by atoms with Crippen molar-refractivity contribution in [3.63, 3.8) is 0 Å². The molecule has 1 atom stereocenters. The largest absolute Gasteiger partial charge is 0.339 e. The molecule has 3 aromatic carbocycles. The minimum atomic E-state index is -0.616. The van der Waals surface area contributed by atoms with Crippen LogP contribution in [-0.2, 0) is 16.1 Å². The van der Waals surface area contributed by atoms with Gasteiger partial charge in [0.2, 0.25) is 11.8 Å². The number of carbonyl (C=O) groups is 2. The normalized spacial score (nSPS) is 15.1. The smallest absolute Gasteiger partial charge is 0.246 e. The van der Waals surface area contributed by atoms with Crippen LogP contribution in [0.4, 0.5) is 5.69 Å². The van der Waals surface area contributed by atoms with Gasteiger partial charge < -0.3 is 10.2 Å². The molecule has 1 heterocycles. The van der Waals surface area contributed by atoms with Gasteiger partial charge in [-0.1, -0.05) is 78.9 Å². The topological polar surface area (TPSA) is 64.7 Å². The molecule has 3 aromatic rings. The number of anilines is 1. The highest BCUT2D eigenvalue weighted by atomic mass is 16.2. The number of para-hydroxylation sites is 1. The van der Waals surface area contributed by atoms with Gasteiger partial charge in [-0.2, -0.15) is 0 Å². The fourth-order valence-electron chi connectivity index (χ4n) is 4.04. The van der Waals surface area contributed by atoms with Crippen molar-refractivity contribution < 1.29 is 9.59 Å². The van der Waals surface area contributed by atoms with Gasteiger partial charge in [-0.3, -0.25) is 19.8 Å². The van der Waals surface area contributed by atoms with E-state index in [1.807, 2.05) is 71.6 Å². The molecule has 4 rings (SSSR count). The zero-order chi connectivity index (χ0) is 22.9. The Balaban J connectivity index is 1.32. The van der Waals surface area contributed by atoms with Crippen molar-refractivity contribution >= 4 is 17.5 Å². The van der Waals surface area contributed by atoms with Gasteiger partial charge in [-0.25, -0.2) is 0 Å².